The standard InChI is InChI=1S/C27H33NO5/c1-6-23(29)28-18-14-20-25(22(15-18)33-13-11-17(4)5)27(31)24-19(26(20)30)8-7-9-21(24)32-12-10-16(2)3/h7-9,14-17H,6,10-13H2,1-5H3,(H,28,29). The maximum Gasteiger partial charge on any atom is 0.224 e. The average Bonchev–Trinajstić information content (AvgIpc) is 2.76. The van der Waals surface area contributed by atoms with Crippen LogP contribution in [0.25, 0.3) is 0 Å². The number of fused-ring (bicyclic) bond motifs is 2. The first kappa shape index (κ1) is 24.5. The number of ether oxygens (including phenoxy) is 2. The van der Waals surface area contributed by atoms with Crippen LogP contribution in [0.2, 0.25) is 0 Å². The number of carbonyl (C=O) groups excluding carboxylic acids is 3. The molecule has 6 heteroatoms. The van der Waals surface area contributed by atoms with Gasteiger partial charge in [-0.25, -0.2) is 0 Å². The van der Waals surface area contributed by atoms with E-state index in [1.54, 1.807) is 37.3 Å². The molecule has 0 heterocycles. The summed E-state index contributed by atoms with van der Waals surface area (Å²) in [6.45, 7) is 11.0. The third kappa shape index (κ3) is 5.62. The molecule has 1 aliphatic rings. The van der Waals surface area contributed by atoms with E-state index in [1.807, 2.05) is 0 Å². The van der Waals surface area contributed by atoms with Gasteiger partial charge in [0.25, 0.3) is 0 Å². The fourth-order valence-electron chi connectivity index (χ4n) is 3.62. The Morgan fingerprint density at radius 3 is 2.06 bits per heavy atom. The van der Waals surface area contributed by atoms with E-state index in [9.17, 15) is 14.4 Å². The first-order chi connectivity index (χ1) is 15.7. The monoisotopic (exact) mass is 451 g/mol. The van der Waals surface area contributed by atoms with Crippen molar-refractivity contribution in [1.82, 2.24) is 0 Å². The molecule has 0 fully saturated rings. The molecular formula is C27H33NO5. The average molecular weight is 452 g/mol. The van der Waals surface area contributed by atoms with Crippen LogP contribution in [0.3, 0.4) is 0 Å². The Labute approximate surface area is 195 Å². The van der Waals surface area contributed by atoms with E-state index < -0.39 is 0 Å². The van der Waals surface area contributed by atoms with Gasteiger partial charge in [-0.15, -0.1) is 0 Å². The van der Waals surface area contributed by atoms with Crippen molar-refractivity contribution >= 4 is 23.2 Å². The number of hydrogen-bond acceptors (Lipinski definition) is 5. The zero-order valence-electron chi connectivity index (χ0n) is 20.1. The first-order valence-electron chi connectivity index (χ1n) is 11.7. The Hall–Kier alpha value is -3.15. The molecule has 3 rings (SSSR count). The molecule has 0 bridgehead atoms. The Balaban J connectivity index is 2.06. The fraction of sp³-hybridized carbons (Fsp3) is 0.444. The van der Waals surface area contributed by atoms with E-state index in [4.69, 9.17) is 9.47 Å². The lowest BCUT2D eigenvalue weighted by Gasteiger charge is -2.23. The number of hydrogen-bond donors (Lipinski definition) is 1. The molecule has 0 spiro atoms. The summed E-state index contributed by atoms with van der Waals surface area (Å²) in [6.07, 6.45) is 1.93. The number of anilines is 1. The van der Waals surface area contributed by atoms with Crippen molar-refractivity contribution in [2.75, 3.05) is 18.5 Å². The van der Waals surface area contributed by atoms with Crippen LogP contribution in [0.1, 0.15) is 85.7 Å². The summed E-state index contributed by atoms with van der Waals surface area (Å²) in [7, 11) is 0. The van der Waals surface area contributed by atoms with E-state index in [2.05, 4.69) is 33.0 Å². The van der Waals surface area contributed by atoms with E-state index >= 15 is 0 Å². The van der Waals surface area contributed by atoms with Crippen LogP contribution in [-0.2, 0) is 4.79 Å². The smallest absolute Gasteiger partial charge is 0.224 e. The second-order valence-electron chi connectivity index (χ2n) is 9.20. The Bertz CT molecular complexity index is 1050. The molecule has 1 amide bonds. The molecule has 1 N–H and O–H groups in total. The third-order valence-electron chi connectivity index (χ3n) is 5.58. The predicted octanol–water partition coefficient (Wildman–Crippen LogP) is 5.66. The van der Waals surface area contributed by atoms with Gasteiger partial charge in [0.05, 0.1) is 24.3 Å². The fourth-order valence-corrected chi connectivity index (χ4v) is 3.62. The topological polar surface area (TPSA) is 81.7 Å². The van der Waals surface area contributed by atoms with Crippen LogP contribution >= 0.6 is 0 Å². The predicted molar refractivity (Wildman–Crippen MR) is 129 cm³/mol. The van der Waals surface area contributed by atoms with Crippen molar-refractivity contribution in [2.45, 2.75) is 53.9 Å². The molecule has 0 saturated heterocycles. The number of ketones is 2. The van der Waals surface area contributed by atoms with Crippen LogP contribution in [-0.4, -0.2) is 30.7 Å². The molecule has 1 aliphatic carbocycles. The van der Waals surface area contributed by atoms with Crippen molar-refractivity contribution in [2.24, 2.45) is 11.8 Å². The molecule has 0 radical (unpaired) electrons. The van der Waals surface area contributed by atoms with Crippen molar-refractivity contribution in [3.05, 3.63) is 52.6 Å². The lowest BCUT2D eigenvalue weighted by Crippen LogP contribution is -2.24. The Kier molecular flexibility index (Phi) is 7.90. The molecule has 6 nitrogen and oxygen atoms in total. The van der Waals surface area contributed by atoms with E-state index in [-0.39, 0.29) is 34.2 Å². The minimum absolute atomic E-state index is 0.182. The molecule has 0 saturated carbocycles. The van der Waals surface area contributed by atoms with Gasteiger partial charge in [-0.2, -0.15) is 0 Å². The summed E-state index contributed by atoms with van der Waals surface area (Å²) in [5, 5.41) is 2.78. The second-order valence-corrected chi connectivity index (χ2v) is 9.20. The lowest BCUT2D eigenvalue weighted by molar-refractivity contribution is -0.115. The van der Waals surface area contributed by atoms with Crippen LogP contribution < -0.4 is 14.8 Å². The van der Waals surface area contributed by atoms with E-state index in [0.29, 0.717) is 54.2 Å². The molecular weight excluding hydrogens is 418 g/mol. The number of benzene rings is 2. The van der Waals surface area contributed by atoms with Crippen molar-refractivity contribution in [3.63, 3.8) is 0 Å². The SMILES string of the molecule is CCC(=O)Nc1cc(OCCC(C)C)c2c(c1)C(=O)c1cccc(OCCC(C)C)c1C2=O. The molecule has 0 atom stereocenters. The minimum Gasteiger partial charge on any atom is -0.493 e. The third-order valence-corrected chi connectivity index (χ3v) is 5.58. The number of rotatable bonds is 10. The van der Waals surface area contributed by atoms with Gasteiger partial charge in [0.15, 0.2) is 5.78 Å². The number of carbonyl (C=O) groups is 3. The van der Waals surface area contributed by atoms with E-state index in [0.717, 1.165) is 12.8 Å². The summed E-state index contributed by atoms with van der Waals surface area (Å²) in [6, 6.07) is 8.29. The van der Waals surface area contributed by atoms with Gasteiger partial charge in [-0.1, -0.05) is 46.8 Å². The van der Waals surface area contributed by atoms with Gasteiger partial charge >= 0.3 is 0 Å². The number of amides is 1. The minimum atomic E-state index is -0.298. The summed E-state index contributed by atoms with van der Waals surface area (Å²) in [4.78, 5) is 39.1. The molecule has 33 heavy (non-hydrogen) atoms. The van der Waals surface area contributed by atoms with Crippen molar-refractivity contribution < 1.29 is 23.9 Å². The van der Waals surface area contributed by atoms with Crippen LogP contribution in [0, 0.1) is 11.8 Å². The number of nitrogens with one attached hydrogen (secondary N) is 1. The highest BCUT2D eigenvalue weighted by Gasteiger charge is 2.35. The molecule has 0 unspecified atom stereocenters. The van der Waals surface area contributed by atoms with Crippen LogP contribution in [0.4, 0.5) is 5.69 Å². The zero-order chi connectivity index (χ0) is 24.1. The molecule has 0 aliphatic heterocycles. The van der Waals surface area contributed by atoms with Gasteiger partial charge in [-0.05, 0) is 36.8 Å². The highest BCUT2D eigenvalue weighted by Crippen LogP contribution is 2.39. The quantitative estimate of drug-likeness (QED) is 0.430. The lowest BCUT2D eigenvalue weighted by atomic mass is 9.82. The van der Waals surface area contributed by atoms with Gasteiger partial charge in [-0.3, -0.25) is 14.4 Å². The highest BCUT2D eigenvalue weighted by molar-refractivity contribution is 6.30. The second kappa shape index (κ2) is 10.6. The maximum atomic E-state index is 13.7. The summed E-state index contributed by atoms with van der Waals surface area (Å²) in [5.41, 5.74) is 1.49. The Morgan fingerprint density at radius 1 is 0.848 bits per heavy atom. The van der Waals surface area contributed by atoms with E-state index in [1.165, 1.54) is 0 Å². The van der Waals surface area contributed by atoms with Crippen molar-refractivity contribution in [3.8, 4) is 11.5 Å². The molecule has 176 valence electrons. The molecule has 2 aromatic rings. The summed E-state index contributed by atoms with van der Waals surface area (Å²) < 4.78 is 11.9. The van der Waals surface area contributed by atoms with Gasteiger partial charge in [0.1, 0.15) is 11.5 Å². The van der Waals surface area contributed by atoms with Crippen LogP contribution in [0.5, 0.6) is 11.5 Å². The molecule has 0 aromatic heterocycles. The summed E-state index contributed by atoms with van der Waals surface area (Å²) in [5.74, 6) is 0.832. The Morgan fingerprint density at radius 2 is 1.45 bits per heavy atom. The van der Waals surface area contributed by atoms with Gasteiger partial charge < -0.3 is 14.8 Å². The maximum absolute atomic E-state index is 13.7. The molecule has 2 aromatic carbocycles. The largest absolute Gasteiger partial charge is 0.493 e. The van der Waals surface area contributed by atoms with Gasteiger partial charge in [0, 0.05) is 29.3 Å². The first-order valence-corrected chi connectivity index (χ1v) is 11.7. The van der Waals surface area contributed by atoms with Gasteiger partial charge in [0.2, 0.25) is 11.7 Å². The summed E-state index contributed by atoms with van der Waals surface area (Å²) >= 11 is 0. The van der Waals surface area contributed by atoms with Crippen molar-refractivity contribution in [1.29, 1.82) is 0 Å². The zero-order valence-corrected chi connectivity index (χ0v) is 20.1. The van der Waals surface area contributed by atoms with Crippen LogP contribution in [0.15, 0.2) is 30.3 Å². The highest BCUT2D eigenvalue weighted by atomic mass is 16.5. The normalized spacial score (nSPS) is 12.6.